The predicted octanol–water partition coefficient (Wildman–Crippen LogP) is 28.7. The molecule has 0 radical (unpaired) electrons. The molecule has 4 amide bonds. The first-order valence-electron chi connectivity index (χ1n) is 57.0. The fourth-order valence-corrected chi connectivity index (χ4v) is 24.0. The molecule has 6 aliphatic rings. The third-order valence-electron chi connectivity index (χ3n) is 32.3. The summed E-state index contributed by atoms with van der Waals surface area (Å²) in [5.41, 5.74) is 1.54. The van der Waals surface area contributed by atoms with Gasteiger partial charge < -0.3 is 70.1 Å². The lowest BCUT2D eigenvalue weighted by atomic mass is 9.61. The van der Waals surface area contributed by atoms with Crippen molar-refractivity contribution in [1.82, 2.24) is 20.4 Å². The lowest BCUT2D eigenvalue weighted by Crippen LogP contribution is -2.45. The lowest BCUT2D eigenvalue weighted by molar-refractivity contribution is -0.840. The van der Waals surface area contributed by atoms with Gasteiger partial charge in [-0.15, -0.1) is 0 Å². The van der Waals surface area contributed by atoms with Crippen molar-refractivity contribution < 1.29 is 57.6 Å². The van der Waals surface area contributed by atoms with Gasteiger partial charge in [0.05, 0.1) is 108 Å². The van der Waals surface area contributed by atoms with Crippen LogP contribution in [-0.4, -0.2) is 196 Å². The molecular formula is C115H218N8O12. The second-order valence-corrected chi connectivity index (χ2v) is 45.7. The number of hydrogen-bond donors (Lipinski definition) is 4. The highest BCUT2D eigenvalue weighted by atomic mass is 16.5. The van der Waals surface area contributed by atoms with Crippen LogP contribution < -0.4 is 10.6 Å². The number of carbonyl (C=O) groups excluding carboxylic acids is 4. The van der Waals surface area contributed by atoms with Gasteiger partial charge in [0.25, 0.3) is 0 Å². The maximum Gasteiger partial charge on any atom is 0.304 e. The summed E-state index contributed by atoms with van der Waals surface area (Å²) in [5.74, 6) is 4.40. The number of carboxylic acid groups (broad SMARTS) is 2. The van der Waals surface area contributed by atoms with Crippen LogP contribution in [0, 0.1) is 78.5 Å². The molecule has 1 aromatic carbocycles. The minimum Gasteiger partial charge on any atom is -0.633 e. The molecule has 0 spiro atoms. The Morgan fingerprint density at radius 2 is 0.704 bits per heavy atom. The highest BCUT2D eigenvalue weighted by Gasteiger charge is 2.44. The van der Waals surface area contributed by atoms with Crippen molar-refractivity contribution in [1.29, 1.82) is 0 Å². The number of quaternary nitrogens is 4. The van der Waals surface area contributed by atoms with Crippen LogP contribution in [0.2, 0.25) is 0 Å². The molecule has 7 rings (SSSR count). The quantitative estimate of drug-likeness (QED) is 0.0269. The first-order chi connectivity index (χ1) is 64.3. The van der Waals surface area contributed by atoms with Gasteiger partial charge in [-0.2, -0.15) is 0 Å². The summed E-state index contributed by atoms with van der Waals surface area (Å²) < 4.78 is -1.21. The summed E-state index contributed by atoms with van der Waals surface area (Å²) in [5, 5.41) is 71.6. The second kappa shape index (κ2) is 72.0. The average Bonchev–Trinajstić information content (AvgIpc) is 0.810. The molecule has 4 N–H and O–H groups in total. The van der Waals surface area contributed by atoms with Crippen molar-refractivity contribution in [3.8, 4) is 0 Å². The van der Waals surface area contributed by atoms with Crippen LogP contribution in [0.5, 0.6) is 0 Å². The number of carboxylic acids is 2. The number of unbranched alkanes of at least 4 members (excludes halogenated alkanes) is 8. The zero-order valence-electron chi connectivity index (χ0n) is 91.4. The zero-order chi connectivity index (χ0) is 101. The molecule has 0 aliphatic heterocycles. The van der Waals surface area contributed by atoms with E-state index < -0.39 is 11.9 Å². The van der Waals surface area contributed by atoms with E-state index in [-0.39, 0.29) is 70.3 Å². The maximum atomic E-state index is 13.3. The van der Waals surface area contributed by atoms with E-state index in [0.29, 0.717) is 121 Å². The van der Waals surface area contributed by atoms with Gasteiger partial charge in [0.1, 0.15) is 0 Å². The van der Waals surface area contributed by atoms with E-state index >= 15 is 0 Å². The van der Waals surface area contributed by atoms with Gasteiger partial charge in [-0.25, -0.2) is 0 Å². The molecule has 20 nitrogen and oxygen atoms in total. The van der Waals surface area contributed by atoms with Crippen molar-refractivity contribution in [2.45, 2.75) is 486 Å². The summed E-state index contributed by atoms with van der Waals surface area (Å²) in [7, 11) is 13.2. The van der Waals surface area contributed by atoms with Crippen LogP contribution >= 0.6 is 0 Å². The Balaban J connectivity index is 0.000000550. The van der Waals surface area contributed by atoms with Crippen LogP contribution in [0.3, 0.4) is 0 Å². The number of rotatable bonds is 58. The molecule has 0 bridgehead atoms. The van der Waals surface area contributed by atoms with E-state index in [9.17, 15) is 59.8 Å². The van der Waals surface area contributed by atoms with Crippen molar-refractivity contribution >= 4 is 35.6 Å². The van der Waals surface area contributed by atoms with E-state index in [1.165, 1.54) is 314 Å². The summed E-state index contributed by atoms with van der Waals surface area (Å²) in [6, 6.07) is 10.2. The number of nitrogens with zero attached hydrogens (tertiary/aromatic N) is 6. The number of hydrogen-bond acceptors (Lipinski definition) is 10. The van der Waals surface area contributed by atoms with Crippen LogP contribution in [0.4, 0.5) is 0 Å². The molecular weight excluding hydrogens is 1690 g/mol. The summed E-state index contributed by atoms with van der Waals surface area (Å²) >= 11 is 0. The first kappa shape index (κ1) is 127. The van der Waals surface area contributed by atoms with E-state index in [0.717, 1.165) is 82.0 Å². The highest BCUT2D eigenvalue weighted by Crippen LogP contribution is 2.52. The number of aliphatic carboxylic acids is 2. The van der Waals surface area contributed by atoms with Crippen LogP contribution in [-0.2, 0) is 34.2 Å². The van der Waals surface area contributed by atoms with E-state index in [4.69, 9.17) is 0 Å². The Morgan fingerprint density at radius 1 is 0.378 bits per heavy atom. The molecule has 135 heavy (non-hydrogen) atoms. The molecule has 6 saturated carbocycles. The van der Waals surface area contributed by atoms with Crippen molar-refractivity contribution in [2.24, 2.45) is 57.7 Å². The van der Waals surface area contributed by atoms with Gasteiger partial charge >= 0.3 is 11.9 Å². The number of amides is 4. The van der Waals surface area contributed by atoms with Gasteiger partial charge in [0.2, 0.25) is 23.6 Å². The van der Waals surface area contributed by atoms with Gasteiger partial charge in [0, 0.05) is 70.1 Å². The van der Waals surface area contributed by atoms with Crippen LogP contribution in [0.25, 0.3) is 0 Å². The molecule has 0 saturated heterocycles. The van der Waals surface area contributed by atoms with E-state index in [1.807, 2.05) is 41.8 Å². The predicted molar refractivity (Wildman–Crippen MR) is 568 cm³/mol. The number of likely N-dealkylation sites (N-methyl/N-ethyl adjacent to an activating group) is 4. The van der Waals surface area contributed by atoms with Gasteiger partial charge in [-0.1, -0.05) is 343 Å². The first-order valence-corrected chi connectivity index (χ1v) is 57.0. The molecule has 6 fully saturated rings. The van der Waals surface area contributed by atoms with Gasteiger partial charge in [-0.3, -0.25) is 28.8 Å². The fourth-order valence-electron chi connectivity index (χ4n) is 24.0. The highest BCUT2D eigenvalue weighted by molar-refractivity contribution is 5.78. The lowest BCUT2D eigenvalue weighted by Gasteiger charge is -2.44. The van der Waals surface area contributed by atoms with E-state index in [2.05, 4.69) is 78.2 Å². The molecule has 20 heteroatoms. The average molecular weight is 1910 g/mol. The number of benzene rings is 1. The number of carbonyl (C=O) groups is 6. The zero-order valence-corrected chi connectivity index (χ0v) is 91.4. The monoisotopic (exact) mass is 1900 g/mol. The molecule has 1 aromatic rings. The molecule has 2 atom stereocenters. The SMILES string of the molecule is CCCCC(CC(=O)N(CC)CC[N+](C)(C)[O-])C1CCCCC1.CCCCC(CC(=O)NCCC[N+](C)(C)[O-])C1CCCCC1.CCCCC(CCCC)(CC(=O)N(CC)CC[N+](C)(C)[O-])C1CCCCC1.CCCCC(CCCC)(CC(=O)O)C1CCCCC1.CCCCC(CCCC)(CC(=O)O)c1ccccc1.C[N+](C)([O-])CCCNC(=O)CC1(C2CCCCC2)CCCCCCC1. The second-order valence-electron chi connectivity index (χ2n) is 45.7. The molecule has 0 heterocycles. The normalized spacial score (nSPS) is 17.6. The van der Waals surface area contributed by atoms with E-state index in [1.54, 1.807) is 56.4 Å². The number of nitrogens with one attached hydrogen (secondary N) is 2. The molecule has 6 aliphatic carbocycles. The number of hydroxylamine groups is 12. The summed E-state index contributed by atoms with van der Waals surface area (Å²) in [4.78, 5) is 77.4. The van der Waals surface area contributed by atoms with Crippen molar-refractivity contribution in [2.75, 3.05) is 122 Å². The molecule has 790 valence electrons. The van der Waals surface area contributed by atoms with Gasteiger partial charge in [0.15, 0.2) is 0 Å². The van der Waals surface area contributed by atoms with Crippen LogP contribution in [0.1, 0.15) is 486 Å². The van der Waals surface area contributed by atoms with Crippen molar-refractivity contribution in [3.05, 3.63) is 56.7 Å². The minimum atomic E-state index is -0.684. The maximum absolute atomic E-state index is 13.3. The summed E-state index contributed by atoms with van der Waals surface area (Å²) in [6.07, 6.45) is 75.1. The topological polar surface area (TPSA) is 266 Å². The minimum absolute atomic E-state index is 0.0955. The Kier molecular flexibility index (Phi) is 67.7. The fraction of sp³-hybridized carbons (Fsp3) is 0.896. The Morgan fingerprint density at radius 3 is 1.07 bits per heavy atom. The third-order valence-corrected chi connectivity index (χ3v) is 32.3. The van der Waals surface area contributed by atoms with Gasteiger partial charge in [-0.05, 0) is 180 Å². The van der Waals surface area contributed by atoms with Crippen molar-refractivity contribution in [3.63, 3.8) is 0 Å². The molecule has 2 unspecified atom stereocenters. The molecule has 0 aromatic heterocycles. The standard InChI is InChI=1S/C23H46N2O2.C21H40N2O2.C19H38N2O2.C18H36N2O2.C17H32O2.C17H26O2/c1-6-9-16-23(17-10-7-2,21-14-12-11-13-15-21)20-22(26)24(8-3)18-19-25(4,5)27;1-23(2,25)17-11-16-22-20(24)18-21(19-12-7-6-8-13-19)14-9-4-3-5-10-15-21;1-5-7-11-18(17-12-9-8-10-13-17)16-19(22)20(6-2)14-15-21(3,4)23;1-4-5-10-17(16-11-7-6-8-12-16)15-18(21)19-13-9-14-20(2,3)22;2*1-3-5-12-17(13-6-4-2,14-16(18)19)15-10-8-7-9-11-15/h21H,6-20H2,1-5H3;19H,3-18H2,1-2H3,(H,22,24);17-18H,5-16H2,1-4H3;16-17H,4-15H2,1-3H3,(H,19,21);15H,3-14H2,1-2H3,(H,18,19);7-11H,3-6,12-14H2,1-2H3,(H,18,19). The Hall–Kier alpha value is -4.28. The Labute approximate surface area is 830 Å². The largest absolute Gasteiger partial charge is 0.633 e. The Bertz CT molecular complexity index is 3100. The summed E-state index contributed by atoms with van der Waals surface area (Å²) in [6.45, 7) is 27.7. The smallest absolute Gasteiger partial charge is 0.304 e. The third kappa shape index (κ3) is 56.4. The van der Waals surface area contributed by atoms with Crippen LogP contribution in [0.15, 0.2) is 30.3 Å².